The molecule has 2 heterocycles. The number of rotatable bonds is 8. The van der Waals surface area contributed by atoms with E-state index in [1.54, 1.807) is 6.20 Å². The number of oxazole rings is 1. The van der Waals surface area contributed by atoms with Gasteiger partial charge in [-0.3, -0.25) is 0 Å². The average molecular weight is 396 g/mol. The number of benzene rings is 1. The average Bonchev–Trinajstić information content (AvgIpc) is 3.37. The predicted octanol–water partition coefficient (Wildman–Crippen LogP) is 4.02. The van der Waals surface area contributed by atoms with Crippen molar-refractivity contribution in [1.29, 1.82) is 0 Å². The molecule has 0 aliphatic rings. The third-order valence-corrected chi connectivity index (χ3v) is 4.64. The van der Waals surface area contributed by atoms with Crippen LogP contribution in [-0.2, 0) is 25.9 Å². The SMILES string of the molecule is CCNC(=NCc1c(CC)noc1CC)NCc1ncc(-c2ccc(C)cc2)o1. The molecule has 29 heavy (non-hydrogen) atoms. The Hall–Kier alpha value is -3.09. The zero-order valence-electron chi connectivity index (χ0n) is 17.6. The Labute approximate surface area is 171 Å². The van der Waals surface area contributed by atoms with E-state index in [-0.39, 0.29) is 0 Å². The number of hydrogen-bond donors (Lipinski definition) is 2. The molecular weight excluding hydrogens is 366 g/mol. The van der Waals surface area contributed by atoms with Gasteiger partial charge in [0.15, 0.2) is 11.7 Å². The standard InChI is InChI=1S/C22H29N5O2/c1-5-18-17(19(6-2)29-27-18)12-25-22(23-7-3)26-14-21-24-13-20(28-21)16-10-8-15(4)9-11-16/h8-11,13H,5-7,12,14H2,1-4H3,(H2,23,25,26). The summed E-state index contributed by atoms with van der Waals surface area (Å²) in [6.07, 6.45) is 3.39. The third-order valence-electron chi connectivity index (χ3n) is 4.64. The third kappa shape index (κ3) is 5.25. The summed E-state index contributed by atoms with van der Waals surface area (Å²) in [5.41, 5.74) is 4.27. The van der Waals surface area contributed by atoms with Gasteiger partial charge < -0.3 is 19.6 Å². The number of guanidine groups is 1. The number of nitrogens with one attached hydrogen (secondary N) is 2. The first kappa shape index (κ1) is 20.6. The minimum Gasteiger partial charge on any atom is -0.439 e. The summed E-state index contributed by atoms with van der Waals surface area (Å²) < 4.78 is 11.3. The molecule has 0 saturated heterocycles. The molecule has 0 unspecified atom stereocenters. The zero-order chi connectivity index (χ0) is 20.6. The Morgan fingerprint density at radius 3 is 2.55 bits per heavy atom. The van der Waals surface area contributed by atoms with Gasteiger partial charge in [-0.25, -0.2) is 9.98 Å². The molecule has 0 bridgehead atoms. The lowest BCUT2D eigenvalue weighted by Gasteiger charge is -2.10. The molecule has 0 aliphatic heterocycles. The molecule has 7 heteroatoms. The fourth-order valence-electron chi connectivity index (χ4n) is 3.02. The summed E-state index contributed by atoms with van der Waals surface area (Å²) in [6.45, 7) is 9.96. The Morgan fingerprint density at radius 2 is 1.86 bits per heavy atom. The van der Waals surface area contributed by atoms with E-state index in [1.165, 1.54) is 5.56 Å². The first-order valence-electron chi connectivity index (χ1n) is 10.1. The smallest absolute Gasteiger partial charge is 0.214 e. The predicted molar refractivity (Wildman–Crippen MR) is 114 cm³/mol. The van der Waals surface area contributed by atoms with Gasteiger partial charge in [0.25, 0.3) is 0 Å². The van der Waals surface area contributed by atoms with Crippen molar-refractivity contribution in [3.63, 3.8) is 0 Å². The van der Waals surface area contributed by atoms with E-state index in [2.05, 4.69) is 58.7 Å². The second-order valence-corrected chi connectivity index (χ2v) is 6.77. The van der Waals surface area contributed by atoms with Crippen molar-refractivity contribution in [1.82, 2.24) is 20.8 Å². The Morgan fingerprint density at radius 1 is 1.07 bits per heavy atom. The maximum Gasteiger partial charge on any atom is 0.214 e. The minimum absolute atomic E-state index is 0.447. The van der Waals surface area contributed by atoms with Crippen LogP contribution in [0.5, 0.6) is 0 Å². The van der Waals surface area contributed by atoms with Crippen molar-refractivity contribution >= 4 is 5.96 Å². The van der Waals surface area contributed by atoms with Crippen LogP contribution in [0.3, 0.4) is 0 Å². The highest BCUT2D eigenvalue weighted by Gasteiger charge is 2.13. The summed E-state index contributed by atoms with van der Waals surface area (Å²) in [5.74, 6) is 2.97. The fraction of sp³-hybridized carbons (Fsp3) is 0.409. The van der Waals surface area contributed by atoms with Crippen molar-refractivity contribution < 1.29 is 8.94 Å². The van der Waals surface area contributed by atoms with Crippen molar-refractivity contribution in [2.75, 3.05) is 6.54 Å². The molecule has 0 amide bonds. The van der Waals surface area contributed by atoms with Gasteiger partial charge in [0.1, 0.15) is 5.76 Å². The molecule has 0 fully saturated rings. The van der Waals surface area contributed by atoms with Gasteiger partial charge in [0.2, 0.25) is 5.89 Å². The van der Waals surface area contributed by atoms with Crippen LogP contribution in [0.15, 0.2) is 44.4 Å². The van der Waals surface area contributed by atoms with Gasteiger partial charge in [-0.15, -0.1) is 0 Å². The molecule has 0 atom stereocenters. The minimum atomic E-state index is 0.447. The van der Waals surface area contributed by atoms with Gasteiger partial charge in [0.05, 0.1) is 25.0 Å². The number of aromatic nitrogens is 2. The van der Waals surface area contributed by atoms with Gasteiger partial charge in [0, 0.05) is 24.1 Å². The van der Waals surface area contributed by atoms with Crippen molar-refractivity contribution in [2.45, 2.75) is 53.6 Å². The van der Waals surface area contributed by atoms with Crippen LogP contribution in [0.4, 0.5) is 0 Å². The van der Waals surface area contributed by atoms with Crippen LogP contribution in [0, 0.1) is 6.92 Å². The van der Waals surface area contributed by atoms with Crippen LogP contribution in [-0.4, -0.2) is 22.6 Å². The lowest BCUT2D eigenvalue weighted by Crippen LogP contribution is -2.36. The van der Waals surface area contributed by atoms with Crippen LogP contribution in [0.1, 0.15) is 49.2 Å². The van der Waals surface area contributed by atoms with E-state index in [9.17, 15) is 0 Å². The van der Waals surface area contributed by atoms with Gasteiger partial charge >= 0.3 is 0 Å². The Kier molecular flexibility index (Phi) is 7.05. The summed E-state index contributed by atoms with van der Waals surface area (Å²) in [6, 6.07) is 8.19. The van der Waals surface area contributed by atoms with E-state index < -0.39 is 0 Å². The molecule has 0 saturated carbocycles. The molecule has 2 N–H and O–H groups in total. The van der Waals surface area contributed by atoms with E-state index in [0.29, 0.717) is 24.9 Å². The van der Waals surface area contributed by atoms with E-state index in [0.717, 1.165) is 47.7 Å². The molecule has 3 aromatic rings. The molecule has 1 aromatic carbocycles. The molecule has 0 spiro atoms. The van der Waals surface area contributed by atoms with Crippen LogP contribution >= 0.6 is 0 Å². The van der Waals surface area contributed by atoms with Crippen molar-refractivity contribution in [3.8, 4) is 11.3 Å². The molecule has 0 aliphatic carbocycles. The molecule has 7 nitrogen and oxygen atoms in total. The molecule has 2 aromatic heterocycles. The normalized spacial score (nSPS) is 11.7. The van der Waals surface area contributed by atoms with Gasteiger partial charge in [-0.05, 0) is 20.3 Å². The lowest BCUT2D eigenvalue weighted by molar-refractivity contribution is 0.380. The topological polar surface area (TPSA) is 88.5 Å². The monoisotopic (exact) mass is 395 g/mol. The maximum absolute atomic E-state index is 5.88. The van der Waals surface area contributed by atoms with Crippen LogP contribution in [0.2, 0.25) is 0 Å². The second-order valence-electron chi connectivity index (χ2n) is 6.77. The highest BCUT2D eigenvalue weighted by atomic mass is 16.5. The zero-order valence-corrected chi connectivity index (χ0v) is 17.6. The Balaban J connectivity index is 1.66. The van der Waals surface area contributed by atoms with Gasteiger partial charge in [-0.2, -0.15) is 0 Å². The summed E-state index contributed by atoms with van der Waals surface area (Å²) >= 11 is 0. The summed E-state index contributed by atoms with van der Waals surface area (Å²) in [4.78, 5) is 9.06. The largest absolute Gasteiger partial charge is 0.439 e. The number of aryl methyl sites for hydroxylation is 3. The van der Waals surface area contributed by atoms with Crippen molar-refractivity contribution in [2.24, 2.45) is 4.99 Å². The summed E-state index contributed by atoms with van der Waals surface area (Å²) in [5, 5.41) is 10.7. The Bertz CT molecular complexity index is 919. The molecule has 3 rings (SSSR count). The quantitative estimate of drug-likeness (QED) is 0.442. The number of aliphatic imine (C=N–C) groups is 1. The lowest BCUT2D eigenvalue weighted by atomic mass is 10.1. The number of nitrogens with zero attached hydrogens (tertiary/aromatic N) is 3. The second kappa shape index (κ2) is 9.91. The summed E-state index contributed by atoms with van der Waals surface area (Å²) in [7, 11) is 0. The first-order chi connectivity index (χ1) is 14.1. The molecule has 154 valence electrons. The van der Waals surface area contributed by atoms with Crippen molar-refractivity contribution in [3.05, 3.63) is 58.9 Å². The van der Waals surface area contributed by atoms with E-state index >= 15 is 0 Å². The van der Waals surface area contributed by atoms with Crippen LogP contribution in [0.25, 0.3) is 11.3 Å². The van der Waals surface area contributed by atoms with Gasteiger partial charge in [-0.1, -0.05) is 48.8 Å². The first-order valence-corrected chi connectivity index (χ1v) is 10.1. The highest BCUT2D eigenvalue weighted by molar-refractivity contribution is 5.79. The van der Waals surface area contributed by atoms with E-state index in [1.807, 2.05) is 19.1 Å². The fourth-order valence-corrected chi connectivity index (χ4v) is 3.02. The maximum atomic E-state index is 5.88. The molecular formula is C22H29N5O2. The van der Waals surface area contributed by atoms with Crippen LogP contribution < -0.4 is 10.6 Å². The highest BCUT2D eigenvalue weighted by Crippen LogP contribution is 2.21. The van der Waals surface area contributed by atoms with E-state index in [4.69, 9.17) is 8.94 Å². The number of hydrogen-bond acceptors (Lipinski definition) is 5. The molecule has 0 radical (unpaired) electrons.